The Morgan fingerprint density at radius 3 is 2.40 bits per heavy atom. The molecule has 1 unspecified atom stereocenters. The summed E-state index contributed by atoms with van der Waals surface area (Å²) in [6.07, 6.45) is 1.66. The van der Waals surface area contributed by atoms with Crippen LogP contribution in [0.3, 0.4) is 0 Å². The summed E-state index contributed by atoms with van der Waals surface area (Å²) in [6.45, 7) is 5.85. The zero-order chi connectivity index (χ0) is 18.6. The third-order valence-corrected chi connectivity index (χ3v) is 4.66. The third-order valence-electron chi connectivity index (χ3n) is 4.66. The van der Waals surface area contributed by atoms with Crippen LogP contribution in [0.25, 0.3) is 0 Å². The fourth-order valence-electron chi connectivity index (χ4n) is 2.91. The van der Waals surface area contributed by atoms with Crippen LogP contribution in [0.2, 0.25) is 0 Å². The Bertz CT molecular complexity index is 748. The first-order valence-electron chi connectivity index (χ1n) is 8.37. The number of benzene rings is 1. The molecule has 0 aliphatic carbocycles. The van der Waals surface area contributed by atoms with E-state index < -0.39 is 0 Å². The zero-order valence-electron chi connectivity index (χ0n) is 15.2. The number of hydrogen-bond acceptors (Lipinski definition) is 3. The van der Waals surface area contributed by atoms with Crippen molar-refractivity contribution in [3.8, 4) is 0 Å². The number of nitrogens with one attached hydrogen (secondary N) is 1. The monoisotopic (exact) mass is 342 g/mol. The van der Waals surface area contributed by atoms with Gasteiger partial charge < -0.3 is 15.0 Å². The minimum Gasteiger partial charge on any atom is -0.396 e. The van der Waals surface area contributed by atoms with E-state index in [1.165, 1.54) is 6.92 Å². The number of Topliss-reactive ketones (excluding diaryl/α,β-unsaturated/α-hetero) is 1. The molecule has 1 amide bonds. The number of aliphatic hydroxyl groups excluding tert-OH is 1. The molecule has 1 atom stereocenters. The van der Waals surface area contributed by atoms with E-state index in [0.29, 0.717) is 17.8 Å². The fraction of sp³-hybridized carbons (Fsp3) is 0.400. The van der Waals surface area contributed by atoms with Gasteiger partial charge >= 0.3 is 0 Å². The third kappa shape index (κ3) is 4.37. The molecule has 1 aromatic heterocycles. The van der Waals surface area contributed by atoms with Gasteiger partial charge in [0.25, 0.3) is 5.91 Å². The van der Waals surface area contributed by atoms with Crippen LogP contribution in [-0.2, 0) is 7.05 Å². The van der Waals surface area contributed by atoms with Gasteiger partial charge in [-0.15, -0.1) is 0 Å². The maximum Gasteiger partial charge on any atom is 0.267 e. The number of amides is 1. The molecule has 134 valence electrons. The van der Waals surface area contributed by atoms with Crippen LogP contribution >= 0.6 is 0 Å². The van der Waals surface area contributed by atoms with Crippen LogP contribution in [0.1, 0.15) is 53.1 Å². The SMILES string of the molecule is CC(=O)c1cc(C(=O)NCC(c2ccccc2)C(C)(C)CO)n(C)c1. The summed E-state index contributed by atoms with van der Waals surface area (Å²) in [5.74, 6) is -0.335. The number of rotatable bonds is 7. The van der Waals surface area contributed by atoms with Gasteiger partial charge in [-0.25, -0.2) is 0 Å². The maximum absolute atomic E-state index is 12.5. The lowest BCUT2D eigenvalue weighted by Crippen LogP contribution is -2.37. The van der Waals surface area contributed by atoms with E-state index in [-0.39, 0.29) is 29.6 Å². The Balaban J connectivity index is 2.18. The summed E-state index contributed by atoms with van der Waals surface area (Å²) in [4.78, 5) is 24.0. The van der Waals surface area contributed by atoms with Crippen molar-refractivity contribution < 1.29 is 14.7 Å². The second-order valence-corrected chi connectivity index (χ2v) is 7.10. The summed E-state index contributed by atoms with van der Waals surface area (Å²) in [6, 6.07) is 11.5. The first-order valence-corrected chi connectivity index (χ1v) is 8.37. The van der Waals surface area contributed by atoms with Gasteiger partial charge in [-0.3, -0.25) is 9.59 Å². The number of carbonyl (C=O) groups is 2. The van der Waals surface area contributed by atoms with E-state index in [4.69, 9.17) is 0 Å². The molecule has 0 aliphatic heterocycles. The molecule has 0 fully saturated rings. The minimum absolute atomic E-state index is 0.0150. The Morgan fingerprint density at radius 2 is 1.88 bits per heavy atom. The molecule has 2 rings (SSSR count). The molecule has 0 saturated heterocycles. The van der Waals surface area contributed by atoms with Crippen molar-refractivity contribution in [2.24, 2.45) is 12.5 Å². The van der Waals surface area contributed by atoms with Gasteiger partial charge in [0, 0.05) is 37.9 Å². The first kappa shape index (κ1) is 18.9. The summed E-state index contributed by atoms with van der Waals surface area (Å²) in [7, 11) is 1.74. The Kier molecular flexibility index (Phi) is 5.80. The molecule has 0 saturated carbocycles. The molecule has 5 nitrogen and oxygen atoms in total. The minimum atomic E-state index is -0.382. The molecule has 5 heteroatoms. The molecule has 1 heterocycles. The molecule has 2 N–H and O–H groups in total. The lowest BCUT2D eigenvalue weighted by Gasteiger charge is -2.33. The first-order chi connectivity index (χ1) is 11.8. The van der Waals surface area contributed by atoms with E-state index in [1.807, 2.05) is 44.2 Å². The van der Waals surface area contributed by atoms with E-state index >= 15 is 0 Å². The average Bonchev–Trinajstić information content (AvgIpc) is 2.98. The highest BCUT2D eigenvalue weighted by Crippen LogP contribution is 2.34. The number of aliphatic hydroxyl groups is 1. The van der Waals surface area contributed by atoms with E-state index in [0.717, 1.165) is 5.56 Å². The van der Waals surface area contributed by atoms with Gasteiger partial charge in [0.05, 0.1) is 0 Å². The maximum atomic E-state index is 12.5. The molecule has 0 spiro atoms. The molecule has 0 aliphatic rings. The quantitative estimate of drug-likeness (QED) is 0.760. The van der Waals surface area contributed by atoms with Crippen molar-refractivity contribution in [2.45, 2.75) is 26.7 Å². The molecule has 1 aromatic carbocycles. The lowest BCUT2D eigenvalue weighted by atomic mass is 9.75. The Hall–Kier alpha value is -2.40. The standard InChI is InChI=1S/C20H26N2O3/c1-14(24)16-10-18(22(4)12-16)19(25)21-11-17(20(2,3)13-23)15-8-6-5-7-9-15/h5-10,12,17,23H,11,13H2,1-4H3,(H,21,25). The van der Waals surface area contributed by atoms with Crippen molar-refractivity contribution >= 4 is 11.7 Å². The van der Waals surface area contributed by atoms with Gasteiger partial charge in [0.15, 0.2) is 5.78 Å². The Labute approximate surface area is 148 Å². The molecular formula is C20H26N2O3. The van der Waals surface area contributed by atoms with E-state index in [1.54, 1.807) is 23.9 Å². The van der Waals surface area contributed by atoms with Crippen molar-refractivity contribution in [1.82, 2.24) is 9.88 Å². The Morgan fingerprint density at radius 1 is 1.24 bits per heavy atom. The van der Waals surface area contributed by atoms with Gasteiger partial charge in [-0.1, -0.05) is 44.2 Å². The number of aryl methyl sites for hydroxylation is 1. The van der Waals surface area contributed by atoms with E-state index in [2.05, 4.69) is 5.32 Å². The number of ketones is 1. The fourth-order valence-corrected chi connectivity index (χ4v) is 2.91. The highest BCUT2D eigenvalue weighted by molar-refractivity contribution is 5.99. The number of nitrogens with zero attached hydrogens (tertiary/aromatic N) is 1. The van der Waals surface area contributed by atoms with Crippen LogP contribution in [0.4, 0.5) is 0 Å². The van der Waals surface area contributed by atoms with Gasteiger partial charge in [-0.2, -0.15) is 0 Å². The summed E-state index contributed by atoms with van der Waals surface area (Å²) in [5, 5.41) is 12.7. The average molecular weight is 342 g/mol. The number of aromatic nitrogens is 1. The summed E-state index contributed by atoms with van der Waals surface area (Å²) in [5.41, 5.74) is 1.65. The zero-order valence-corrected chi connectivity index (χ0v) is 15.2. The van der Waals surface area contributed by atoms with Crippen LogP contribution < -0.4 is 5.32 Å². The summed E-state index contributed by atoms with van der Waals surface area (Å²) >= 11 is 0. The lowest BCUT2D eigenvalue weighted by molar-refractivity contribution is 0.0912. The van der Waals surface area contributed by atoms with Crippen LogP contribution in [0, 0.1) is 5.41 Å². The normalized spacial score (nSPS) is 12.7. The van der Waals surface area contributed by atoms with E-state index in [9.17, 15) is 14.7 Å². The summed E-state index contributed by atoms with van der Waals surface area (Å²) < 4.78 is 1.65. The van der Waals surface area contributed by atoms with Crippen molar-refractivity contribution in [3.05, 3.63) is 59.4 Å². The number of carbonyl (C=O) groups excluding carboxylic acids is 2. The van der Waals surface area contributed by atoms with Crippen molar-refractivity contribution in [1.29, 1.82) is 0 Å². The predicted octanol–water partition coefficient (Wildman–Crippen LogP) is 2.76. The highest BCUT2D eigenvalue weighted by atomic mass is 16.3. The molecule has 0 bridgehead atoms. The van der Waals surface area contributed by atoms with Crippen LogP contribution in [0.15, 0.2) is 42.6 Å². The van der Waals surface area contributed by atoms with Crippen molar-refractivity contribution in [2.75, 3.05) is 13.2 Å². The van der Waals surface area contributed by atoms with Gasteiger partial charge in [-0.05, 0) is 24.0 Å². The highest BCUT2D eigenvalue weighted by Gasteiger charge is 2.30. The largest absolute Gasteiger partial charge is 0.396 e. The smallest absolute Gasteiger partial charge is 0.267 e. The molecular weight excluding hydrogens is 316 g/mol. The molecule has 25 heavy (non-hydrogen) atoms. The van der Waals surface area contributed by atoms with Crippen LogP contribution in [-0.4, -0.2) is 34.5 Å². The van der Waals surface area contributed by atoms with Gasteiger partial charge in [0.2, 0.25) is 0 Å². The van der Waals surface area contributed by atoms with Gasteiger partial charge in [0.1, 0.15) is 5.69 Å². The van der Waals surface area contributed by atoms with Crippen molar-refractivity contribution in [3.63, 3.8) is 0 Å². The second-order valence-electron chi connectivity index (χ2n) is 7.10. The predicted molar refractivity (Wildman–Crippen MR) is 97.8 cm³/mol. The molecule has 0 radical (unpaired) electrons. The topological polar surface area (TPSA) is 71.3 Å². The van der Waals surface area contributed by atoms with Crippen LogP contribution in [0.5, 0.6) is 0 Å². The number of hydrogen-bond donors (Lipinski definition) is 2. The second kappa shape index (κ2) is 7.66. The molecule has 2 aromatic rings.